The molecule has 0 fully saturated rings. The third-order valence-electron chi connectivity index (χ3n) is 1.62. The van der Waals surface area contributed by atoms with E-state index < -0.39 is 5.82 Å². The van der Waals surface area contributed by atoms with Crippen molar-refractivity contribution in [1.82, 2.24) is 20.2 Å². The van der Waals surface area contributed by atoms with Gasteiger partial charge in [-0.3, -0.25) is 0 Å². The lowest BCUT2D eigenvalue weighted by molar-refractivity contribution is 0.367. The Morgan fingerprint density at radius 3 is 2.80 bits per heavy atom. The van der Waals surface area contributed by atoms with Crippen LogP contribution in [0.2, 0.25) is 0 Å². The molecule has 0 aliphatic rings. The zero-order chi connectivity index (χ0) is 10.8. The Bertz CT molecular complexity index is 485. The first kappa shape index (κ1) is 9.50. The molecule has 78 valence electrons. The Kier molecular flexibility index (Phi) is 2.28. The maximum absolute atomic E-state index is 13.0. The second kappa shape index (κ2) is 3.60. The summed E-state index contributed by atoms with van der Waals surface area (Å²) in [4.78, 5) is 7.48. The minimum absolute atomic E-state index is 0.130. The Labute approximate surface area is 84.1 Å². The molecule has 0 unspecified atom stereocenters. The molecule has 0 aliphatic carbocycles. The van der Waals surface area contributed by atoms with Crippen molar-refractivity contribution in [1.29, 1.82) is 0 Å². The molecule has 2 aromatic heterocycles. The minimum Gasteiger partial charge on any atom is -0.479 e. The van der Waals surface area contributed by atoms with Crippen LogP contribution in [0.25, 0.3) is 11.7 Å². The third-order valence-corrected chi connectivity index (χ3v) is 1.62. The number of rotatable bonds is 2. The third kappa shape index (κ3) is 1.76. The smallest absolute Gasteiger partial charge is 0.285 e. The average Bonchev–Trinajstić information content (AvgIpc) is 2.66. The molecular formula is C8H7FN4O2. The SMILES string of the molecule is COc1nc(-c2nnc(C)o2)ncc1F. The highest BCUT2D eigenvalue weighted by atomic mass is 19.1. The summed E-state index contributed by atoms with van der Waals surface area (Å²) < 4.78 is 22.8. The molecular weight excluding hydrogens is 203 g/mol. The highest BCUT2D eigenvalue weighted by molar-refractivity contribution is 5.40. The van der Waals surface area contributed by atoms with Crippen molar-refractivity contribution in [3.63, 3.8) is 0 Å². The Balaban J connectivity index is 2.45. The lowest BCUT2D eigenvalue weighted by Gasteiger charge is -1.99. The lowest BCUT2D eigenvalue weighted by atomic mass is 10.5. The van der Waals surface area contributed by atoms with E-state index in [1.807, 2.05) is 0 Å². The van der Waals surface area contributed by atoms with Gasteiger partial charge in [-0.15, -0.1) is 10.2 Å². The number of nitrogens with zero attached hydrogens (tertiary/aromatic N) is 4. The van der Waals surface area contributed by atoms with Gasteiger partial charge >= 0.3 is 0 Å². The van der Waals surface area contributed by atoms with Gasteiger partial charge in [-0.25, -0.2) is 4.98 Å². The van der Waals surface area contributed by atoms with E-state index in [1.165, 1.54) is 7.11 Å². The molecule has 0 spiro atoms. The fourth-order valence-electron chi connectivity index (χ4n) is 0.985. The van der Waals surface area contributed by atoms with Crippen molar-refractivity contribution in [2.45, 2.75) is 6.92 Å². The molecule has 0 amide bonds. The van der Waals surface area contributed by atoms with E-state index in [0.29, 0.717) is 5.89 Å². The topological polar surface area (TPSA) is 73.9 Å². The van der Waals surface area contributed by atoms with Crippen LogP contribution >= 0.6 is 0 Å². The van der Waals surface area contributed by atoms with Crippen LogP contribution in [0.15, 0.2) is 10.6 Å². The first-order valence-corrected chi connectivity index (χ1v) is 4.07. The summed E-state index contributed by atoms with van der Waals surface area (Å²) >= 11 is 0. The largest absolute Gasteiger partial charge is 0.479 e. The van der Waals surface area contributed by atoms with Gasteiger partial charge in [0.15, 0.2) is 0 Å². The van der Waals surface area contributed by atoms with E-state index in [9.17, 15) is 4.39 Å². The van der Waals surface area contributed by atoms with Crippen molar-refractivity contribution in [2.24, 2.45) is 0 Å². The predicted octanol–water partition coefficient (Wildman–Crippen LogP) is 0.983. The second-order valence-corrected chi connectivity index (χ2v) is 2.68. The van der Waals surface area contributed by atoms with Gasteiger partial charge < -0.3 is 9.15 Å². The van der Waals surface area contributed by atoms with Gasteiger partial charge in [0, 0.05) is 6.92 Å². The number of aryl methyl sites for hydroxylation is 1. The van der Waals surface area contributed by atoms with Crippen molar-refractivity contribution < 1.29 is 13.5 Å². The fourth-order valence-corrected chi connectivity index (χ4v) is 0.985. The van der Waals surface area contributed by atoms with Gasteiger partial charge in [0.2, 0.25) is 17.5 Å². The monoisotopic (exact) mass is 210 g/mol. The molecule has 2 rings (SSSR count). The fraction of sp³-hybridized carbons (Fsp3) is 0.250. The van der Waals surface area contributed by atoms with Crippen LogP contribution in [-0.4, -0.2) is 27.3 Å². The molecule has 7 heteroatoms. The Morgan fingerprint density at radius 2 is 2.20 bits per heavy atom. The highest BCUT2D eigenvalue weighted by Gasteiger charge is 2.13. The van der Waals surface area contributed by atoms with Crippen LogP contribution in [0.1, 0.15) is 5.89 Å². The van der Waals surface area contributed by atoms with Gasteiger partial charge in [-0.05, 0) is 0 Å². The van der Waals surface area contributed by atoms with E-state index in [4.69, 9.17) is 9.15 Å². The zero-order valence-electron chi connectivity index (χ0n) is 8.06. The van der Waals surface area contributed by atoms with Gasteiger partial charge in [0.1, 0.15) is 0 Å². The standard InChI is InChI=1S/C8H7FN4O2/c1-4-12-13-8(15-4)6-10-3-5(9)7(11-6)14-2/h3H,1-2H3. The number of aromatic nitrogens is 4. The number of ether oxygens (including phenoxy) is 1. The van der Waals surface area contributed by atoms with Gasteiger partial charge in [-0.1, -0.05) is 0 Å². The van der Waals surface area contributed by atoms with Crippen LogP contribution in [-0.2, 0) is 0 Å². The molecule has 0 saturated heterocycles. The molecule has 0 atom stereocenters. The average molecular weight is 210 g/mol. The molecule has 0 N–H and O–H groups in total. The number of methoxy groups -OCH3 is 1. The summed E-state index contributed by atoms with van der Waals surface area (Å²) in [6.07, 6.45) is 0.987. The lowest BCUT2D eigenvalue weighted by Crippen LogP contribution is -1.97. The number of hydrogen-bond acceptors (Lipinski definition) is 6. The van der Waals surface area contributed by atoms with Crippen LogP contribution in [0, 0.1) is 12.7 Å². The van der Waals surface area contributed by atoms with Crippen LogP contribution in [0.5, 0.6) is 5.88 Å². The summed E-state index contributed by atoms with van der Waals surface area (Å²) in [6, 6.07) is 0. The van der Waals surface area contributed by atoms with Crippen LogP contribution in [0.3, 0.4) is 0 Å². The molecule has 15 heavy (non-hydrogen) atoms. The molecule has 0 aliphatic heterocycles. The number of hydrogen-bond donors (Lipinski definition) is 0. The second-order valence-electron chi connectivity index (χ2n) is 2.68. The van der Waals surface area contributed by atoms with E-state index in [0.717, 1.165) is 6.20 Å². The first-order valence-electron chi connectivity index (χ1n) is 4.07. The maximum atomic E-state index is 13.0. The summed E-state index contributed by atoms with van der Waals surface area (Å²) in [5, 5.41) is 7.31. The summed E-state index contributed by atoms with van der Waals surface area (Å²) in [6.45, 7) is 1.64. The van der Waals surface area contributed by atoms with Crippen molar-refractivity contribution >= 4 is 0 Å². The van der Waals surface area contributed by atoms with E-state index in [1.54, 1.807) is 6.92 Å². The normalized spacial score (nSPS) is 10.3. The summed E-state index contributed by atoms with van der Waals surface area (Å²) in [5.41, 5.74) is 0. The molecule has 2 heterocycles. The zero-order valence-corrected chi connectivity index (χ0v) is 8.06. The van der Waals surface area contributed by atoms with E-state index in [-0.39, 0.29) is 17.6 Å². The van der Waals surface area contributed by atoms with Gasteiger partial charge in [-0.2, -0.15) is 9.37 Å². The minimum atomic E-state index is -0.641. The summed E-state index contributed by atoms with van der Waals surface area (Å²) in [7, 11) is 1.31. The van der Waals surface area contributed by atoms with Gasteiger partial charge in [0.25, 0.3) is 11.8 Å². The highest BCUT2D eigenvalue weighted by Crippen LogP contribution is 2.18. The molecule has 0 radical (unpaired) electrons. The molecule has 2 aromatic rings. The summed E-state index contributed by atoms with van der Waals surface area (Å²) in [5.74, 6) is -0.148. The molecule has 0 saturated carbocycles. The number of halogens is 1. The van der Waals surface area contributed by atoms with E-state index >= 15 is 0 Å². The van der Waals surface area contributed by atoms with Crippen molar-refractivity contribution in [3.05, 3.63) is 17.9 Å². The van der Waals surface area contributed by atoms with Crippen molar-refractivity contribution in [2.75, 3.05) is 7.11 Å². The predicted molar refractivity (Wildman–Crippen MR) is 46.6 cm³/mol. The first-order chi connectivity index (χ1) is 7.20. The van der Waals surface area contributed by atoms with Crippen LogP contribution in [0.4, 0.5) is 4.39 Å². The molecule has 0 aromatic carbocycles. The Morgan fingerprint density at radius 1 is 1.40 bits per heavy atom. The van der Waals surface area contributed by atoms with E-state index in [2.05, 4.69) is 20.2 Å². The maximum Gasteiger partial charge on any atom is 0.285 e. The quantitative estimate of drug-likeness (QED) is 0.735. The van der Waals surface area contributed by atoms with Gasteiger partial charge in [0.05, 0.1) is 13.3 Å². The molecule has 0 bridgehead atoms. The molecule has 6 nitrogen and oxygen atoms in total. The van der Waals surface area contributed by atoms with Crippen LogP contribution < -0.4 is 4.74 Å². The van der Waals surface area contributed by atoms with Crippen molar-refractivity contribution in [3.8, 4) is 17.6 Å². The Hall–Kier alpha value is -2.05.